The van der Waals surface area contributed by atoms with E-state index in [2.05, 4.69) is 0 Å². The van der Waals surface area contributed by atoms with Gasteiger partial charge in [-0.25, -0.2) is 4.79 Å². The monoisotopic (exact) mass is 260 g/mol. The number of carboxylic acid groups (broad SMARTS) is 3. The van der Waals surface area contributed by atoms with Gasteiger partial charge in [0.25, 0.3) is 0 Å². The topological polar surface area (TPSA) is 132 Å². The van der Waals surface area contributed by atoms with Crippen LogP contribution in [-0.4, -0.2) is 54.7 Å². The highest BCUT2D eigenvalue weighted by molar-refractivity contribution is 6.37. The van der Waals surface area contributed by atoms with E-state index in [4.69, 9.17) is 38.5 Å². The average Bonchev–Trinajstić information content (AvgIpc) is 2.13. The van der Waals surface area contributed by atoms with E-state index in [0.717, 1.165) is 0 Å². The number of aliphatic hydroxyl groups is 1. The van der Waals surface area contributed by atoms with Crippen LogP contribution >= 0.6 is 23.2 Å². The maximum atomic E-state index is 10.6. The first-order chi connectivity index (χ1) is 6.65. The fourth-order valence-corrected chi connectivity index (χ4v) is 1.22. The zero-order valence-corrected chi connectivity index (χ0v) is 8.44. The molecule has 0 aliphatic rings. The molecule has 15 heavy (non-hydrogen) atoms. The van der Waals surface area contributed by atoms with Crippen LogP contribution in [0.25, 0.3) is 0 Å². The van der Waals surface area contributed by atoms with Gasteiger partial charge in [0.15, 0.2) is 10.8 Å². The fourth-order valence-electron chi connectivity index (χ4n) is 0.722. The first-order valence-corrected chi connectivity index (χ1v) is 4.22. The lowest BCUT2D eigenvalue weighted by atomic mass is 9.94. The summed E-state index contributed by atoms with van der Waals surface area (Å²) in [5.74, 6) is -5.92. The van der Waals surface area contributed by atoms with Crippen LogP contribution in [0, 0.1) is 0 Å². The van der Waals surface area contributed by atoms with Crippen LogP contribution in [0.2, 0.25) is 0 Å². The van der Waals surface area contributed by atoms with Crippen molar-refractivity contribution in [3.05, 3.63) is 0 Å². The highest BCUT2D eigenvalue weighted by Crippen LogP contribution is 2.26. The van der Waals surface area contributed by atoms with Gasteiger partial charge in [0.2, 0.25) is 5.60 Å². The molecule has 0 aromatic carbocycles. The molecule has 0 amide bonds. The number of halogens is 2. The number of aliphatic carboxylic acids is 3. The summed E-state index contributed by atoms with van der Waals surface area (Å²) < 4.78 is 0. The maximum absolute atomic E-state index is 10.6. The zero-order valence-electron chi connectivity index (χ0n) is 6.92. The third kappa shape index (κ3) is 2.49. The number of carboxylic acids is 3. The van der Waals surface area contributed by atoms with Crippen molar-refractivity contribution in [3.8, 4) is 0 Å². The minimum absolute atomic E-state index is 1.89. The number of hydrogen-bond acceptors (Lipinski definition) is 4. The molecule has 86 valence electrons. The Kier molecular flexibility index (Phi) is 4.32. The lowest BCUT2D eigenvalue weighted by Gasteiger charge is -2.27. The number of carbonyl (C=O) groups is 3. The fraction of sp³-hybridized carbons (Fsp3) is 0.500. The van der Waals surface area contributed by atoms with E-state index in [1.54, 1.807) is 0 Å². The average molecular weight is 261 g/mol. The molecular formula is C6H6Cl2O7. The molecular weight excluding hydrogens is 255 g/mol. The summed E-state index contributed by atoms with van der Waals surface area (Å²) in [7, 11) is 0. The van der Waals surface area contributed by atoms with E-state index >= 15 is 0 Å². The Bertz CT molecular complexity index is 282. The Morgan fingerprint density at radius 2 is 1.20 bits per heavy atom. The van der Waals surface area contributed by atoms with Crippen LogP contribution < -0.4 is 0 Å². The van der Waals surface area contributed by atoms with Gasteiger partial charge in [-0.2, -0.15) is 0 Å². The van der Waals surface area contributed by atoms with Crippen molar-refractivity contribution in [3.63, 3.8) is 0 Å². The summed E-state index contributed by atoms with van der Waals surface area (Å²) in [5.41, 5.74) is -3.29. The molecule has 7 nitrogen and oxygen atoms in total. The van der Waals surface area contributed by atoms with Gasteiger partial charge < -0.3 is 20.4 Å². The quantitative estimate of drug-likeness (QED) is 0.475. The van der Waals surface area contributed by atoms with Gasteiger partial charge in [0, 0.05) is 0 Å². The molecule has 0 aliphatic carbocycles. The molecule has 0 radical (unpaired) electrons. The second-order valence-electron chi connectivity index (χ2n) is 2.53. The maximum Gasteiger partial charge on any atom is 0.340 e. The molecule has 0 aromatic rings. The molecule has 0 spiro atoms. The number of hydrogen-bond donors (Lipinski definition) is 4. The van der Waals surface area contributed by atoms with Crippen molar-refractivity contribution in [1.29, 1.82) is 0 Å². The molecule has 9 heteroatoms. The van der Waals surface area contributed by atoms with Crippen molar-refractivity contribution in [2.45, 2.75) is 16.4 Å². The largest absolute Gasteiger partial charge is 0.480 e. The van der Waals surface area contributed by atoms with Crippen molar-refractivity contribution < 1.29 is 34.8 Å². The molecule has 0 aliphatic heterocycles. The van der Waals surface area contributed by atoms with Crippen molar-refractivity contribution in [2.24, 2.45) is 0 Å². The van der Waals surface area contributed by atoms with Crippen molar-refractivity contribution >= 4 is 41.1 Å². The predicted molar refractivity (Wildman–Crippen MR) is 47.1 cm³/mol. The highest BCUT2D eigenvalue weighted by Gasteiger charge is 2.56. The molecule has 0 saturated heterocycles. The summed E-state index contributed by atoms with van der Waals surface area (Å²) >= 11 is 10.2. The minimum atomic E-state index is -3.29. The van der Waals surface area contributed by atoms with Crippen LogP contribution in [0.3, 0.4) is 0 Å². The Labute approximate surface area is 92.8 Å². The third-order valence-electron chi connectivity index (χ3n) is 1.55. The molecule has 0 bridgehead atoms. The summed E-state index contributed by atoms with van der Waals surface area (Å²) in [4.78, 5) is 31.3. The van der Waals surface area contributed by atoms with E-state index in [-0.39, 0.29) is 0 Å². The van der Waals surface area contributed by atoms with E-state index in [0.29, 0.717) is 0 Å². The van der Waals surface area contributed by atoms with Crippen LogP contribution in [-0.2, 0) is 14.4 Å². The molecule has 2 unspecified atom stereocenters. The molecule has 4 N–H and O–H groups in total. The van der Waals surface area contributed by atoms with Gasteiger partial charge in [-0.15, -0.1) is 23.2 Å². The lowest BCUT2D eigenvalue weighted by molar-refractivity contribution is -0.168. The van der Waals surface area contributed by atoms with Crippen LogP contribution in [0.4, 0.5) is 0 Å². The Morgan fingerprint density at radius 1 is 0.933 bits per heavy atom. The minimum Gasteiger partial charge on any atom is -0.480 e. The van der Waals surface area contributed by atoms with E-state index in [1.807, 2.05) is 0 Å². The van der Waals surface area contributed by atoms with E-state index in [9.17, 15) is 19.5 Å². The first kappa shape index (κ1) is 13.9. The van der Waals surface area contributed by atoms with Crippen molar-refractivity contribution in [2.75, 3.05) is 0 Å². The number of rotatable bonds is 5. The van der Waals surface area contributed by atoms with Crippen LogP contribution in [0.1, 0.15) is 0 Å². The van der Waals surface area contributed by atoms with Gasteiger partial charge in [0.05, 0.1) is 0 Å². The molecule has 0 saturated carbocycles. The Hall–Kier alpha value is -1.05. The summed E-state index contributed by atoms with van der Waals surface area (Å²) in [5, 5.41) is 29.9. The second-order valence-corrected chi connectivity index (χ2v) is 3.40. The standard InChI is InChI=1S/C6H6Cl2O7/c7-1(3(9)10)6(15,5(13)14)2(8)4(11)12/h1-2,15H,(H,9,10)(H,11,12)(H,13,14). The Morgan fingerprint density at radius 3 is 1.33 bits per heavy atom. The molecule has 0 heterocycles. The molecule has 0 rings (SSSR count). The van der Waals surface area contributed by atoms with Gasteiger partial charge in [0.1, 0.15) is 0 Å². The predicted octanol–water partition coefficient (Wildman–Crippen LogP) is -0.814. The SMILES string of the molecule is O=C(O)C(Cl)C(O)(C(=O)O)C(Cl)C(=O)O. The lowest BCUT2D eigenvalue weighted by Crippen LogP contribution is -2.59. The summed E-state index contributed by atoms with van der Waals surface area (Å²) in [6.45, 7) is 0. The zero-order chi connectivity index (χ0) is 12.4. The summed E-state index contributed by atoms with van der Waals surface area (Å²) in [6.07, 6.45) is 0. The van der Waals surface area contributed by atoms with Gasteiger partial charge in [-0.05, 0) is 0 Å². The molecule has 0 aromatic heterocycles. The first-order valence-electron chi connectivity index (χ1n) is 3.35. The van der Waals surface area contributed by atoms with Crippen LogP contribution in [0.15, 0.2) is 0 Å². The van der Waals surface area contributed by atoms with E-state index < -0.39 is 34.3 Å². The van der Waals surface area contributed by atoms with Crippen molar-refractivity contribution in [1.82, 2.24) is 0 Å². The smallest absolute Gasteiger partial charge is 0.340 e. The van der Waals surface area contributed by atoms with Gasteiger partial charge >= 0.3 is 17.9 Å². The molecule has 2 atom stereocenters. The number of alkyl halides is 2. The Balaban J connectivity index is 5.33. The second kappa shape index (κ2) is 4.65. The normalized spacial score (nSPS) is 18.6. The molecule has 0 fully saturated rings. The van der Waals surface area contributed by atoms with Gasteiger partial charge in [-0.1, -0.05) is 0 Å². The van der Waals surface area contributed by atoms with Gasteiger partial charge in [-0.3, -0.25) is 9.59 Å². The summed E-state index contributed by atoms with van der Waals surface area (Å²) in [6, 6.07) is 0. The third-order valence-corrected chi connectivity index (χ3v) is 2.59. The van der Waals surface area contributed by atoms with Crippen LogP contribution in [0.5, 0.6) is 0 Å². The van der Waals surface area contributed by atoms with E-state index in [1.165, 1.54) is 0 Å². The highest BCUT2D eigenvalue weighted by atomic mass is 35.5.